The molecule has 1 aromatic rings. The number of hydrogen-bond donors (Lipinski definition) is 1. The van der Waals surface area contributed by atoms with E-state index in [0.29, 0.717) is 0 Å². The maximum absolute atomic E-state index is 11.4. The Bertz CT molecular complexity index is 607. The van der Waals surface area contributed by atoms with Crippen LogP contribution in [0.2, 0.25) is 0 Å². The van der Waals surface area contributed by atoms with Crippen LogP contribution in [0.4, 0.5) is 5.69 Å². The van der Waals surface area contributed by atoms with Crippen LogP contribution in [0.5, 0.6) is 0 Å². The molecule has 1 atom stereocenters. The Balaban J connectivity index is 1.82. The Kier molecular flexibility index (Phi) is 4.86. The van der Waals surface area contributed by atoms with Gasteiger partial charge < -0.3 is 19.3 Å². The minimum absolute atomic E-state index is 0.0140. The van der Waals surface area contributed by atoms with Gasteiger partial charge in [0, 0.05) is 24.6 Å². The van der Waals surface area contributed by atoms with Crippen LogP contribution >= 0.6 is 0 Å². The third kappa shape index (κ3) is 3.70. The van der Waals surface area contributed by atoms with E-state index in [2.05, 4.69) is 17.0 Å². The summed E-state index contributed by atoms with van der Waals surface area (Å²) in [5.41, 5.74) is 1.21. The second kappa shape index (κ2) is 6.65. The van der Waals surface area contributed by atoms with Gasteiger partial charge in [-0.25, -0.2) is 0 Å². The van der Waals surface area contributed by atoms with Crippen LogP contribution in [-0.4, -0.2) is 42.5 Å². The number of aliphatic carboxylic acids is 1. The molecular formula is C19H28BNO4. The molecule has 2 fully saturated rings. The van der Waals surface area contributed by atoms with Crippen molar-refractivity contribution in [1.82, 2.24) is 0 Å². The Morgan fingerprint density at radius 2 is 1.64 bits per heavy atom. The molecule has 6 heteroatoms. The highest BCUT2D eigenvalue weighted by Gasteiger charge is 2.54. The molecule has 1 N–H and O–H groups in total. The summed E-state index contributed by atoms with van der Waals surface area (Å²) >= 11 is 0. The van der Waals surface area contributed by atoms with Crippen LogP contribution in [0.1, 0.15) is 58.3 Å². The fraction of sp³-hybridized carbons (Fsp3) is 0.632. The molecule has 0 radical (unpaired) electrons. The molecule has 2 aliphatic rings. The van der Waals surface area contributed by atoms with E-state index in [1.54, 1.807) is 0 Å². The molecular weight excluding hydrogens is 317 g/mol. The highest BCUT2D eigenvalue weighted by atomic mass is 16.7. The number of carboxylic acid groups (broad SMARTS) is 1. The highest BCUT2D eigenvalue weighted by Crippen LogP contribution is 2.42. The maximum Gasteiger partial charge on any atom is 0.466 e. The van der Waals surface area contributed by atoms with Crippen LogP contribution in [-0.2, 0) is 14.1 Å². The van der Waals surface area contributed by atoms with Crippen molar-refractivity contribution >= 4 is 18.8 Å². The molecule has 2 aliphatic heterocycles. The molecule has 1 unspecified atom stereocenters. The van der Waals surface area contributed by atoms with Crippen molar-refractivity contribution in [2.75, 3.05) is 18.0 Å². The lowest BCUT2D eigenvalue weighted by Crippen LogP contribution is -2.41. The van der Waals surface area contributed by atoms with E-state index >= 15 is 0 Å². The minimum atomic E-state index is -0.844. The lowest BCUT2D eigenvalue weighted by molar-refractivity contribution is -0.137. The van der Waals surface area contributed by atoms with Gasteiger partial charge in [0.05, 0.1) is 17.6 Å². The molecule has 5 nitrogen and oxygen atoms in total. The molecule has 25 heavy (non-hydrogen) atoms. The number of nitrogens with zero attached hydrogens (tertiary/aromatic N) is 1. The van der Waals surface area contributed by atoms with Gasteiger partial charge in [0.2, 0.25) is 0 Å². The summed E-state index contributed by atoms with van der Waals surface area (Å²) in [6, 6.07) is 8.21. The summed E-state index contributed by atoms with van der Waals surface area (Å²) in [5.74, 6) is -1.17. The molecule has 3 rings (SSSR count). The van der Waals surface area contributed by atoms with E-state index in [4.69, 9.17) is 9.31 Å². The van der Waals surface area contributed by atoms with Gasteiger partial charge in [0.25, 0.3) is 0 Å². The summed E-state index contributed by atoms with van der Waals surface area (Å²) in [6.45, 7) is 10.1. The first-order valence-corrected chi connectivity index (χ1v) is 9.12. The molecule has 2 heterocycles. The number of rotatable bonds is 5. The maximum atomic E-state index is 11.4. The van der Waals surface area contributed by atoms with Crippen molar-refractivity contribution in [2.24, 2.45) is 0 Å². The number of hydrogen-bond acceptors (Lipinski definition) is 4. The molecule has 136 valence electrons. The fourth-order valence-corrected chi connectivity index (χ4v) is 3.52. The fourth-order valence-electron chi connectivity index (χ4n) is 3.52. The van der Waals surface area contributed by atoms with Crippen molar-refractivity contribution in [3.8, 4) is 0 Å². The van der Waals surface area contributed by atoms with Gasteiger partial charge in [-0.2, -0.15) is 0 Å². The van der Waals surface area contributed by atoms with Crippen LogP contribution < -0.4 is 4.90 Å². The zero-order chi connectivity index (χ0) is 18.2. The summed E-state index contributed by atoms with van der Waals surface area (Å²) in [7, 11) is -0.557. The van der Waals surface area contributed by atoms with Gasteiger partial charge in [-0.1, -0.05) is 12.1 Å². The average Bonchev–Trinajstić information content (AvgIpc) is 3.12. The van der Waals surface area contributed by atoms with E-state index in [1.165, 1.54) is 18.5 Å². The first-order valence-electron chi connectivity index (χ1n) is 9.12. The minimum Gasteiger partial charge on any atom is -0.481 e. The summed E-state index contributed by atoms with van der Waals surface area (Å²) in [4.78, 5) is 13.8. The van der Waals surface area contributed by atoms with E-state index in [-0.39, 0.29) is 12.2 Å². The van der Waals surface area contributed by atoms with Gasteiger partial charge in [0.15, 0.2) is 0 Å². The predicted molar refractivity (Wildman–Crippen MR) is 99.0 cm³/mol. The largest absolute Gasteiger partial charge is 0.481 e. The number of carbonyl (C=O) groups is 1. The molecule has 1 aromatic carbocycles. The Morgan fingerprint density at radius 3 is 2.12 bits per heavy atom. The molecule has 2 saturated heterocycles. The van der Waals surface area contributed by atoms with Gasteiger partial charge in [-0.05, 0) is 58.2 Å². The summed E-state index contributed by atoms with van der Waals surface area (Å²) in [6.07, 6.45) is 2.45. The van der Waals surface area contributed by atoms with Crippen LogP contribution in [0, 0.1) is 0 Å². The summed E-state index contributed by atoms with van der Waals surface area (Å²) in [5, 5.41) is 9.37. The van der Waals surface area contributed by atoms with Gasteiger partial charge in [0.1, 0.15) is 0 Å². The SMILES string of the molecule is CC1(C)OB(C(CC(=O)O)c2ccc(N3CCCC3)cc2)OC1(C)C. The van der Waals surface area contributed by atoms with Crippen molar-refractivity contribution in [3.05, 3.63) is 29.8 Å². The number of benzene rings is 1. The zero-order valence-corrected chi connectivity index (χ0v) is 15.6. The van der Waals surface area contributed by atoms with Gasteiger partial charge in [-0.3, -0.25) is 4.79 Å². The van der Waals surface area contributed by atoms with Crippen LogP contribution in [0.15, 0.2) is 24.3 Å². The smallest absolute Gasteiger partial charge is 0.466 e. The molecule has 0 aliphatic carbocycles. The highest BCUT2D eigenvalue weighted by molar-refractivity contribution is 6.48. The third-order valence-corrected chi connectivity index (χ3v) is 5.79. The predicted octanol–water partition coefficient (Wildman–Crippen LogP) is 3.48. The van der Waals surface area contributed by atoms with Crippen LogP contribution in [0.3, 0.4) is 0 Å². The zero-order valence-electron chi connectivity index (χ0n) is 15.6. The first-order chi connectivity index (χ1) is 11.7. The Morgan fingerprint density at radius 1 is 1.12 bits per heavy atom. The topological polar surface area (TPSA) is 59.0 Å². The van der Waals surface area contributed by atoms with Crippen LogP contribution in [0.25, 0.3) is 0 Å². The standard InChI is InChI=1S/C19H28BNO4/c1-18(2)19(3,4)25-20(24-18)16(13-17(22)23)14-7-9-15(10-8-14)21-11-5-6-12-21/h7-10,16H,5-6,11-13H2,1-4H3,(H,22,23). The summed E-state index contributed by atoms with van der Waals surface area (Å²) < 4.78 is 12.2. The lowest BCUT2D eigenvalue weighted by atomic mass is 9.66. The first kappa shape index (κ1) is 18.3. The third-order valence-electron chi connectivity index (χ3n) is 5.79. The normalized spacial score (nSPS) is 23.0. The van der Waals surface area contributed by atoms with E-state index in [1.807, 2.05) is 39.8 Å². The van der Waals surface area contributed by atoms with Crippen molar-refractivity contribution < 1.29 is 19.2 Å². The van der Waals surface area contributed by atoms with Gasteiger partial charge >= 0.3 is 13.1 Å². The second-order valence-electron chi connectivity index (χ2n) is 8.11. The van der Waals surface area contributed by atoms with E-state index in [0.717, 1.165) is 18.7 Å². The molecule has 0 aromatic heterocycles. The number of anilines is 1. The van der Waals surface area contributed by atoms with Crippen molar-refractivity contribution in [1.29, 1.82) is 0 Å². The Labute approximate surface area is 150 Å². The second-order valence-corrected chi connectivity index (χ2v) is 8.11. The van der Waals surface area contributed by atoms with Gasteiger partial charge in [-0.15, -0.1) is 0 Å². The molecule has 0 amide bonds. The average molecular weight is 345 g/mol. The molecule has 0 spiro atoms. The van der Waals surface area contributed by atoms with Crippen molar-refractivity contribution in [3.63, 3.8) is 0 Å². The quantitative estimate of drug-likeness (QED) is 0.828. The van der Waals surface area contributed by atoms with E-state index in [9.17, 15) is 9.90 Å². The number of carboxylic acids is 1. The monoisotopic (exact) mass is 345 g/mol. The Hall–Kier alpha value is -1.53. The van der Waals surface area contributed by atoms with E-state index < -0.39 is 24.3 Å². The molecule has 0 bridgehead atoms. The molecule has 0 saturated carbocycles. The van der Waals surface area contributed by atoms with Crippen molar-refractivity contribution in [2.45, 2.75) is 64.0 Å². The lowest BCUT2D eigenvalue weighted by Gasteiger charge is -2.32.